The Balaban J connectivity index is 1.42. The lowest BCUT2D eigenvalue weighted by Crippen LogP contribution is -2.32. The number of nitrogens with one attached hydrogen (secondary N) is 3. The maximum absolute atomic E-state index is 12.4. The van der Waals surface area contributed by atoms with Crippen LogP contribution < -0.4 is 10.6 Å². The van der Waals surface area contributed by atoms with Crippen LogP contribution in [0.4, 0.5) is 5.69 Å². The van der Waals surface area contributed by atoms with Crippen LogP contribution in [-0.4, -0.2) is 44.0 Å². The van der Waals surface area contributed by atoms with E-state index in [1.54, 1.807) is 6.07 Å². The van der Waals surface area contributed by atoms with E-state index in [-0.39, 0.29) is 5.91 Å². The van der Waals surface area contributed by atoms with E-state index < -0.39 is 0 Å². The van der Waals surface area contributed by atoms with Gasteiger partial charge in [-0.1, -0.05) is 0 Å². The SMILES string of the molecule is Cc1nc(-c2ccc(NC(=O)c3ccn(C4CCCNC4)n3)cc2)n[nH]1. The molecular formula is C18H21N7O. The van der Waals surface area contributed by atoms with Gasteiger partial charge in [-0.2, -0.15) is 10.2 Å². The molecule has 3 aromatic rings. The number of amides is 1. The number of carbonyl (C=O) groups excluding carboxylic acids is 1. The lowest BCUT2D eigenvalue weighted by molar-refractivity contribution is 0.102. The number of aryl methyl sites for hydroxylation is 1. The van der Waals surface area contributed by atoms with Crippen LogP contribution in [0.3, 0.4) is 0 Å². The minimum Gasteiger partial charge on any atom is -0.321 e. The average molecular weight is 351 g/mol. The fraction of sp³-hybridized carbons (Fsp3) is 0.333. The van der Waals surface area contributed by atoms with E-state index in [2.05, 4.69) is 30.9 Å². The molecule has 0 radical (unpaired) electrons. The summed E-state index contributed by atoms with van der Waals surface area (Å²) in [6.45, 7) is 3.80. The minimum atomic E-state index is -0.214. The molecule has 0 spiro atoms. The second-order valence-corrected chi connectivity index (χ2v) is 6.46. The molecule has 134 valence electrons. The molecular weight excluding hydrogens is 330 g/mol. The number of nitrogens with zero attached hydrogens (tertiary/aromatic N) is 4. The van der Waals surface area contributed by atoms with E-state index >= 15 is 0 Å². The van der Waals surface area contributed by atoms with Crippen LogP contribution in [0.2, 0.25) is 0 Å². The molecule has 1 atom stereocenters. The minimum absolute atomic E-state index is 0.214. The third-order valence-electron chi connectivity index (χ3n) is 4.48. The van der Waals surface area contributed by atoms with Gasteiger partial charge < -0.3 is 10.6 Å². The highest BCUT2D eigenvalue weighted by Crippen LogP contribution is 2.19. The van der Waals surface area contributed by atoms with E-state index in [0.717, 1.165) is 37.3 Å². The first-order valence-electron chi connectivity index (χ1n) is 8.76. The molecule has 26 heavy (non-hydrogen) atoms. The van der Waals surface area contributed by atoms with E-state index in [1.165, 1.54) is 0 Å². The van der Waals surface area contributed by atoms with Gasteiger partial charge in [-0.25, -0.2) is 4.98 Å². The topological polar surface area (TPSA) is 101 Å². The number of aromatic nitrogens is 5. The monoisotopic (exact) mass is 351 g/mol. The number of piperidine rings is 1. The Morgan fingerprint density at radius 3 is 2.81 bits per heavy atom. The zero-order chi connectivity index (χ0) is 17.9. The number of benzene rings is 1. The fourth-order valence-corrected chi connectivity index (χ4v) is 3.09. The zero-order valence-corrected chi connectivity index (χ0v) is 14.6. The third-order valence-corrected chi connectivity index (χ3v) is 4.48. The van der Waals surface area contributed by atoms with Crippen molar-refractivity contribution in [1.82, 2.24) is 30.3 Å². The third kappa shape index (κ3) is 3.50. The summed E-state index contributed by atoms with van der Waals surface area (Å²) in [5.74, 6) is 1.19. The number of H-pyrrole nitrogens is 1. The summed E-state index contributed by atoms with van der Waals surface area (Å²) in [5, 5.41) is 17.6. The van der Waals surface area contributed by atoms with Crippen molar-refractivity contribution < 1.29 is 4.79 Å². The van der Waals surface area contributed by atoms with Crippen molar-refractivity contribution in [2.24, 2.45) is 0 Å². The Morgan fingerprint density at radius 1 is 1.27 bits per heavy atom. The Kier molecular flexibility index (Phi) is 4.49. The van der Waals surface area contributed by atoms with Crippen molar-refractivity contribution in [3.63, 3.8) is 0 Å². The first kappa shape index (κ1) is 16.5. The van der Waals surface area contributed by atoms with E-state index in [9.17, 15) is 4.79 Å². The number of aromatic amines is 1. The molecule has 3 N–H and O–H groups in total. The molecule has 4 rings (SSSR count). The average Bonchev–Trinajstić information content (AvgIpc) is 3.32. The summed E-state index contributed by atoms with van der Waals surface area (Å²) in [6.07, 6.45) is 4.09. The summed E-state index contributed by atoms with van der Waals surface area (Å²) in [7, 11) is 0. The quantitative estimate of drug-likeness (QED) is 0.669. The molecule has 1 aliphatic rings. The van der Waals surface area contributed by atoms with Gasteiger partial charge in [0.05, 0.1) is 6.04 Å². The highest BCUT2D eigenvalue weighted by Gasteiger charge is 2.17. The van der Waals surface area contributed by atoms with Crippen molar-refractivity contribution in [3.05, 3.63) is 48.0 Å². The van der Waals surface area contributed by atoms with Gasteiger partial charge >= 0.3 is 0 Å². The lowest BCUT2D eigenvalue weighted by Gasteiger charge is -2.22. The Labute approximate surface area is 151 Å². The van der Waals surface area contributed by atoms with Gasteiger partial charge in [-0.15, -0.1) is 0 Å². The molecule has 1 fully saturated rings. The van der Waals surface area contributed by atoms with E-state index in [4.69, 9.17) is 0 Å². The number of rotatable bonds is 4. The van der Waals surface area contributed by atoms with Crippen LogP contribution >= 0.6 is 0 Å². The summed E-state index contributed by atoms with van der Waals surface area (Å²) < 4.78 is 1.88. The van der Waals surface area contributed by atoms with Crippen molar-refractivity contribution in [2.45, 2.75) is 25.8 Å². The number of anilines is 1. The molecule has 1 aliphatic heterocycles. The highest BCUT2D eigenvalue weighted by atomic mass is 16.1. The smallest absolute Gasteiger partial charge is 0.276 e. The molecule has 3 heterocycles. The summed E-state index contributed by atoms with van der Waals surface area (Å²) >= 11 is 0. The van der Waals surface area contributed by atoms with Gasteiger partial charge in [0.1, 0.15) is 5.82 Å². The van der Waals surface area contributed by atoms with Gasteiger partial charge in [0.2, 0.25) is 0 Å². The highest BCUT2D eigenvalue weighted by molar-refractivity contribution is 6.02. The molecule has 0 aliphatic carbocycles. The van der Waals surface area contributed by atoms with Crippen molar-refractivity contribution in [2.75, 3.05) is 18.4 Å². The van der Waals surface area contributed by atoms with Crippen LogP contribution in [0, 0.1) is 6.92 Å². The molecule has 2 aromatic heterocycles. The second kappa shape index (κ2) is 7.09. The molecule has 0 saturated carbocycles. The first-order valence-corrected chi connectivity index (χ1v) is 8.76. The van der Waals surface area contributed by atoms with Crippen LogP contribution in [-0.2, 0) is 0 Å². The Morgan fingerprint density at radius 2 is 2.12 bits per heavy atom. The molecule has 1 aromatic carbocycles. The summed E-state index contributed by atoms with van der Waals surface area (Å²) in [6, 6.07) is 9.50. The zero-order valence-electron chi connectivity index (χ0n) is 14.6. The van der Waals surface area contributed by atoms with Gasteiger partial charge in [0, 0.05) is 24.0 Å². The summed E-state index contributed by atoms with van der Waals surface area (Å²) in [4.78, 5) is 16.7. The molecule has 1 saturated heterocycles. The Hall–Kier alpha value is -3.00. The van der Waals surface area contributed by atoms with Crippen LogP contribution in [0.5, 0.6) is 0 Å². The predicted molar refractivity (Wildman–Crippen MR) is 97.9 cm³/mol. The number of hydrogen-bond acceptors (Lipinski definition) is 5. The molecule has 1 unspecified atom stereocenters. The van der Waals surface area contributed by atoms with E-state index in [0.29, 0.717) is 23.2 Å². The van der Waals surface area contributed by atoms with Crippen molar-refractivity contribution in [3.8, 4) is 11.4 Å². The number of carbonyl (C=O) groups is 1. The molecule has 0 bridgehead atoms. The Bertz CT molecular complexity index is 890. The van der Waals surface area contributed by atoms with E-state index in [1.807, 2.05) is 42.1 Å². The first-order chi connectivity index (χ1) is 12.7. The maximum atomic E-state index is 12.4. The number of hydrogen-bond donors (Lipinski definition) is 3. The van der Waals surface area contributed by atoms with Crippen LogP contribution in [0.15, 0.2) is 36.5 Å². The predicted octanol–water partition coefficient (Wildman–Crippen LogP) is 2.15. The normalized spacial score (nSPS) is 17.2. The van der Waals surface area contributed by atoms with Crippen molar-refractivity contribution >= 4 is 11.6 Å². The van der Waals surface area contributed by atoms with Crippen molar-refractivity contribution in [1.29, 1.82) is 0 Å². The van der Waals surface area contributed by atoms with Gasteiger partial charge in [0.15, 0.2) is 11.5 Å². The largest absolute Gasteiger partial charge is 0.321 e. The fourth-order valence-electron chi connectivity index (χ4n) is 3.09. The lowest BCUT2D eigenvalue weighted by atomic mass is 10.1. The maximum Gasteiger partial charge on any atom is 0.276 e. The second-order valence-electron chi connectivity index (χ2n) is 6.46. The molecule has 8 nitrogen and oxygen atoms in total. The van der Waals surface area contributed by atoms with Gasteiger partial charge in [0.25, 0.3) is 5.91 Å². The molecule has 8 heteroatoms. The summed E-state index contributed by atoms with van der Waals surface area (Å²) in [5.41, 5.74) is 2.02. The van der Waals surface area contributed by atoms with Crippen LogP contribution in [0.25, 0.3) is 11.4 Å². The standard InChI is InChI=1S/C18H21N7O/c1-12-20-17(23-22-12)13-4-6-14(7-5-13)21-18(26)16-8-10-25(24-16)15-3-2-9-19-11-15/h4-8,10,15,19H,2-3,9,11H2,1H3,(H,21,26)(H,20,22,23). The van der Waals surface area contributed by atoms with Crippen LogP contribution in [0.1, 0.15) is 35.2 Å². The molecule has 1 amide bonds. The van der Waals surface area contributed by atoms with Gasteiger partial charge in [-0.05, 0) is 56.6 Å². The van der Waals surface area contributed by atoms with Gasteiger partial charge in [-0.3, -0.25) is 14.6 Å².